The van der Waals surface area contributed by atoms with Gasteiger partial charge < -0.3 is 11.1 Å². The predicted octanol–water partition coefficient (Wildman–Crippen LogP) is 2.72. The zero-order valence-electron chi connectivity index (χ0n) is 13.0. The number of benzene rings is 2. The Morgan fingerprint density at radius 2 is 1.59 bits per heavy atom. The molecule has 1 aliphatic rings. The van der Waals surface area contributed by atoms with Gasteiger partial charge in [-0.2, -0.15) is 0 Å². The number of hydrogen-bond donors (Lipinski definition) is 2. The molecule has 1 saturated heterocycles. The highest BCUT2D eigenvalue weighted by atomic mass is 15.2. The van der Waals surface area contributed by atoms with Crippen LogP contribution in [0.15, 0.2) is 60.7 Å². The average molecular weight is 295 g/mol. The van der Waals surface area contributed by atoms with Crippen molar-refractivity contribution >= 4 is 0 Å². The van der Waals surface area contributed by atoms with Crippen LogP contribution < -0.4 is 11.1 Å². The summed E-state index contributed by atoms with van der Waals surface area (Å²) in [4.78, 5) is 2.58. The minimum atomic E-state index is 0.329. The highest BCUT2D eigenvalue weighted by molar-refractivity contribution is 5.28. The Morgan fingerprint density at radius 3 is 2.23 bits per heavy atom. The fourth-order valence-corrected chi connectivity index (χ4v) is 3.38. The molecular formula is C19H25N3. The van der Waals surface area contributed by atoms with Crippen molar-refractivity contribution in [1.82, 2.24) is 10.2 Å². The van der Waals surface area contributed by atoms with Crippen LogP contribution in [0, 0.1) is 0 Å². The molecule has 1 aliphatic heterocycles. The van der Waals surface area contributed by atoms with Gasteiger partial charge in [-0.1, -0.05) is 60.7 Å². The first-order valence-electron chi connectivity index (χ1n) is 8.17. The van der Waals surface area contributed by atoms with Crippen LogP contribution in [0.25, 0.3) is 0 Å². The molecule has 22 heavy (non-hydrogen) atoms. The van der Waals surface area contributed by atoms with Crippen molar-refractivity contribution in [2.75, 3.05) is 26.2 Å². The lowest BCUT2D eigenvalue weighted by molar-refractivity contribution is 0.118. The molecule has 2 atom stereocenters. The van der Waals surface area contributed by atoms with Crippen molar-refractivity contribution in [3.05, 3.63) is 71.8 Å². The number of hydrogen-bond acceptors (Lipinski definition) is 3. The Morgan fingerprint density at radius 1 is 0.955 bits per heavy atom. The number of piperazine rings is 1. The monoisotopic (exact) mass is 295 g/mol. The van der Waals surface area contributed by atoms with Gasteiger partial charge in [0.1, 0.15) is 0 Å². The molecule has 3 heteroatoms. The topological polar surface area (TPSA) is 41.3 Å². The predicted molar refractivity (Wildman–Crippen MR) is 91.6 cm³/mol. The van der Waals surface area contributed by atoms with Gasteiger partial charge in [-0.05, 0) is 24.1 Å². The molecule has 3 rings (SSSR count). The third-order valence-corrected chi connectivity index (χ3v) is 4.42. The van der Waals surface area contributed by atoms with E-state index in [0.717, 1.165) is 32.6 Å². The van der Waals surface area contributed by atoms with E-state index < -0.39 is 0 Å². The summed E-state index contributed by atoms with van der Waals surface area (Å²) in [5.74, 6) is 0. The van der Waals surface area contributed by atoms with Crippen molar-refractivity contribution in [3.63, 3.8) is 0 Å². The number of nitrogens with one attached hydrogen (secondary N) is 1. The van der Waals surface area contributed by atoms with E-state index in [1.54, 1.807) is 0 Å². The molecule has 3 N–H and O–H groups in total. The molecule has 0 bridgehead atoms. The van der Waals surface area contributed by atoms with Gasteiger partial charge >= 0.3 is 0 Å². The van der Waals surface area contributed by atoms with Crippen molar-refractivity contribution < 1.29 is 0 Å². The van der Waals surface area contributed by atoms with E-state index in [1.165, 1.54) is 11.1 Å². The van der Waals surface area contributed by atoms with E-state index in [0.29, 0.717) is 12.1 Å². The van der Waals surface area contributed by atoms with Crippen LogP contribution in [0.5, 0.6) is 0 Å². The quantitative estimate of drug-likeness (QED) is 0.891. The highest BCUT2D eigenvalue weighted by Crippen LogP contribution is 2.36. The summed E-state index contributed by atoms with van der Waals surface area (Å²) in [6.07, 6.45) is 1.05. The first-order valence-corrected chi connectivity index (χ1v) is 8.17. The van der Waals surface area contributed by atoms with Crippen LogP contribution in [-0.2, 0) is 0 Å². The lowest BCUT2D eigenvalue weighted by Crippen LogP contribution is -2.48. The molecule has 0 amide bonds. The summed E-state index contributed by atoms with van der Waals surface area (Å²) in [6.45, 7) is 3.90. The Bertz CT molecular complexity index is 555. The zero-order valence-corrected chi connectivity index (χ0v) is 13.0. The minimum absolute atomic E-state index is 0.329. The molecule has 0 spiro atoms. The van der Waals surface area contributed by atoms with Gasteiger partial charge in [-0.25, -0.2) is 0 Å². The first-order chi connectivity index (χ1) is 10.9. The van der Waals surface area contributed by atoms with Crippen LogP contribution in [0.4, 0.5) is 0 Å². The first kappa shape index (κ1) is 15.2. The second kappa shape index (κ2) is 7.54. The van der Waals surface area contributed by atoms with Crippen LogP contribution >= 0.6 is 0 Å². The summed E-state index contributed by atoms with van der Waals surface area (Å²) < 4.78 is 0. The van der Waals surface area contributed by atoms with E-state index in [1.807, 2.05) is 0 Å². The molecule has 3 nitrogen and oxygen atoms in total. The standard InChI is InChI=1S/C19H25N3/c20-12-7-14-22-15-13-21-18(16-8-3-1-4-9-16)19(22)17-10-5-2-6-11-17/h1-6,8-11,18-19,21H,7,12-15,20H2. The average Bonchev–Trinajstić information content (AvgIpc) is 2.61. The van der Waals surface area contributed by atoms with Gasteiger partial charge in [-0.15, -0.1) is 0 Å². The fourth-order valence-electron chi connectivity index (χ4n) is 3.38. The molecule has 0 aromatic heterocycles. The summed E-state index contributed by atoms with van der Waals surface area (Å²) >= 11 is 0. The van der Waals surface area contributed by atoms with Gasteiger partial charge in [0.05, 0.1) is 12.1 Å². The van der Waals surface area contributed by atoms with Gasteiger partial charge in [-0.3, -0.25) is 4.90 Å². The van der Waals surface area contributed by atoms with E-state index in [-0.39, 0.29) is 0 Å². The van der Waals surface area contributed by atoms with Gasteiger partial charge in [0, 0.05) is 19.6 Å². The summed E-state index contributed by atoms with van der Waals surface area (Å²) in [5, 5.41) is 3.72. The van der Waals surface area contributed by atoms with E-state index in [9.17, 15) is 0 Å². The Hall–Kier alpha value is -1.68. The molecule has 116 valence electrons. The van der Waals surface area contributed by atoms with Crippen LogP contribution in [0.1, 0.15) is 29.6 Å². The summed E-state index contributed by atoms with van der Waals surface area (Å²) in [6, 6.07) is 22.3. The molecule has 0 radical (unpaired) electrons. The molecule has 0 aliphatic carbocycles. The van der Waals surface area contributed by atoms with E-state index in [4.69, 9.17) is 5.73 Å². The van der Waals surface area contributed by atoms with E-state index in [2.05, 4.69) is 70.9 Å². The molecule has 1 fully saturated rings. The SMILES string of the molecule is NCCCN1CCNC(c2ccccc2)C1c1ccccc1. The Balaban J connectivity index is 1.92. The fraction of sp³-hybridized carbons (Fsp3) is 0.368. The van der Waals surface area contributed by atoms with Crippen LogP contribution in [0.3, 0.4) is 0 Å². The second-order valence-corrected chi connectivity index (χ2v) is 5.88. The van der Waals surface area contributed by atoms with Crippen molar-refractivity contribution in [2.45, 2.75) is 18.5 Å². The Labute approximate surface area is 133 Å². The van der Waals surface area contributed by atoms with Gasteiger partial charge in [0.15, 0.2) is 0 Å². The smallest absolute Gasteiger partial charge is 0.0543 e. The summed E-state index contributed by atoms with van der Waals surface area (Å²) in [5.41, 5.74) is 8.46. The van der Waals surface area contributed by atoms with Crippen molar-refractivity contribution in [2.24, 2.45) is 5.73 Å². The Kier molecular flexibility index (Phi) is 5.22. The molecular weight excluding hydrogens is 270 g/mol. The maximum absolute atomic E-state index is 5.73. The minimum Gasteiger partial charge on any atom is -0.330 e. The number of rotatable bonds is 5. The van der Waals surface area contributed by atoms with Crippen molar-refractivity contribution in [3.8, 4) is 0 Å². The van der Waals surface area contributed by atoms with Gasteiger partial charge in [0.2, 0.25) is 0 Å². The number of nitrogens with two attached hydrogens (primary N) is 1. The lowest BCUT2D eigenvalue weighted by atomic mass is 9.90. The third-order valence-electron chi connectivity index (χ3n) is 4.42. The molecule has 2 aromatic carbocycles. The van der Waals surface area contributed by atoms with Gasteiger partial charge in [0.25, 0.3) is 0 Å². The number of nitrogens with zero attached hydrogens (tertiary/aromatic N) is 1. The largest absolute Gasteiger partial charge is 0.330 e. The molecule has 2 aromatic rings. The highest BCUT2D eigenvalue weighted by Gasteiger charge is 2.32. The lowest BCUT2D eigenvalue weighted by Gasteiger charge is -2.42. The third kappa shape index (κ3) is 3.38. The maximum Gasteiger partial charge on any atom is 0.0543 e. The second-order valence-electron chi connectivity index (χ2n) is 5.88. The van der Waals surface area contributed by atoms with Crippen LogP contribution in [-0.4, -0.2) is 31.1 Å². The molecule has 1 heterocycles. The summed E-state index contributed by atoms with van der Waals surface area (Å²) in [7, 11) is 0. The van der Waals surface area contributed by atoms with Crippen molar-refractivity contribution in [1.29, 1.82) is 0 Å². The van der Waals surface area contributed by atoms with E-state index >= 15 is 0 Å². The zero-order chi connectivity index (χ0) is 15.2. The van der Waals surface area contributed by atoms with Crippen LogP contribution in [0.2, 0.25) is 0 Å². The molecule has 2 unspecified atom stereocenters. The maximum atomic E-state index is 5.73. The molecule has 0 saturated carbocycles. The normalized spacial score (nSPS) is 22.6.